The molecule has 0 spiro atoms. The fourth-order valence-corrected chi connectivity index (χ4v) is 1.12. The van der Waals surface area contributed by atoms with Crippen molar-refractivity contribution in [3.8, 4) is 11.8 Å². The van der Waals surface area contributed by atoms with Crippen molar-refractivity contribution < 1.29 is 27.1 Å². The van der Waals surface area contributed by atoms with Gasteiger partial charge in [-0.3, -0.25) is 4.79 Å². The molecule has 4 nitrogen and oxygen atoms in total. The molecule has 1 N–H and O–H groups in total. The number of hydrogen-bond acceptors (Lipinski definition) is 3. The van der Waals surface area contributed by atoms with Gasteiger partial charge in [0.15, 0.2) is 6.61 Å². The fourth-order valence-electron chi connectivity index (χ4n) is 1.12. The topological polar surface area (TPSA) is 62.1 Å². The molecule has 0 unspecified atom stereocenters. The van der Waals surface area contributed by atoms with Crippen LogP contribution in [0.1, 0.15) is 5.56 Å². The van der Waals surface area contributed by atoms with Gasteiger partial charge >= 0.3 is 12.3 Å². The van der Waals surface area contributed by atoms with Crippen LogP contribution in [0.3, 0.4) is 0 Å². The molecule has 0 aliphatic heterocycles. The number of halogens is 4. The number of carbonyl (C=O) groups is 1. The van der Waals surface area contributed by atoms with Crippen molar-refractivity contribution in [2.75, 3.05) is 13.2 Å². The number of alkyl halides is 4. The van der Waals surface area contributed by atoms with Crippen molar-refractivity contribution in [2.45, 2.75) is 12.3 Å². The molecule has 0 aliphatic carbocycles. The maximum atomic E-state index is 12.5. The van der Waals surface area contributed by atoms with Gasteiger partial charge in [0.2, 0.25) is 0 Å². The summed E-state index contributed by atoms with van der Waals surface area (Å²) < 4.78 is 53.6. The van der Waals surface area contributed by atoms with Gasteiger partial charge in [0, 0.05) is 0 Å². The first-order valence-corrected chi connectivity index (χ1v) is 5.41. The monoisotopic (exact) mass is 290 g/mol. The van der Waals surface area contributed by atoms with E-state index in [1.807, 2.05) is 6.07 Å². The standard InChI is InChI=1S/C12H10F4N2O2/c13-11(14)12(15,16)7-18-10(19)6-20-9-3-1-8(5-17)2-4-9/h1-4,11H,6-7H2,(H,18,19). The number of amides is 1. The first-order valence-electron chi connectivity index (χ1n) is 5.41. The summed E-state index contributed by atoms with van der Waals surface area (Å²) in [5.74, 6) is -4.97. The van der Waals surface area contributed by atoms with E-state index in [1.165, 1.54) is 24.3 Å². The number of nitrogens with one attached hydrogen (secondary N) is 1. The Kier molecular flexibility index (Phi) is 5.32. The van der Waals surface area contributed by atoms with Gasteiger partial charge in [0.05, 0.1) is 18.2 Å². The van der Waals surface area contributed by atoms with E-state index in [2.05, 4.69) is 0 Å². The Hall–Kier alpha value is -2.30. The molecular formula is C12H10F4N2O2. The van der Waals surface area contributed by atoms with E-state index in [1.54, 1.807) is 5.32 Å². The van der Waals surface area contributed by atoms with Crippen LogP contribution in [0, 0.1) is 11.3 Å². The van der Waals surface area contributed by atoms with Crippen molar-refractivity contribution in [3.63, 3.8) is 0 Å². The zero-order chi connectivity index (χ0) is 15.2. The third-order valence-electron chi connectivity index (χ3n) is 2.19. The van der Waals surface area contributed by atoms with Gasteiger partial charge in [-0.15, -0.1) is 0 Å². The molecule has 0 saturated carbocycles. The lowest BCUT2D eigenvalue weighted by Crippen LogP contribution is -2.42. The summed E-state index contributed by atoms with van der Waals surface area (Å²) in [6.45, 7) is -2.05. The van der Waals surface area contributed by atoms with E-state index in [-0.39, 0.29) is 5.75 Å². The van der Waals surface area contributed by atoms with Crippen molar-refractivity contribution in [2.24, 2.45) is 0 Å². The summed E-state index contributed by atoms with van der Waals surface area (Å²) in [6, 6.07) is 7.60. The number of hydrogen-bond donors (Lipinski definition) is 1. The smallest absolute Gasteiger partial charge is 0.324 e. The quantitative estimate of drug-likeness (QED) is 0.815. The lowest BCUT2D eigenvalue weighted by Gasteiger charge is -2.15. The summed E-state index contributed by atoms with van der Waals surface area (Å²) in [5.41, 5.74) is 0.387. The number of nitriles is 1. The van der Waals surface area contributed by atoms with Crippen LogP contribution >= 0.6 is 0 Å². The van der Waals surface area contributed by atoms with E-state index >= 15 is 0 Å². The zero-order valence-electron chi connectivity index (χ0n) is 10.1. The van der Waals surface area contributed by atoms with Gasteiger partial charge in [0.25, 0.3) is 5.91 Å². The maximum absolute atomic E-state index is 12.5. The van der Waals surface area contributed by atoms with Gasteiger partial charge in [0.1, 0.15) is 5.75 Å². The molecule has 0 aromatic heterocycles. The Morgan fingerprint density at radius 1 is 1.35 bits per heavy atom. The Bertz CT molecular complexity index is 497. The largest absolute Gasteiger partial charge is 0.484 e. The molecule has 0 heterocycles. The molecule has 20 heavy (non-hydrogen) atoms. The van der Waals surface area contributed by atoms with Crippen LogP contribution in [0.25, 0.3) is 0 Å². The molecule has 0 radical (unpaired) electrons. The minimum Gasteiger partial charge on any atom is -0.484 e. The highest BCUT2D eigenvalue weighted by molar-refractivity contribution is 5.77. The second kappa shape index (κ2) is 6.75. The number of carbonyl (C=O) groups excluding carboxylic acids is 1. The molecule has 108 valence electrons. The van der Waals surface area contributed by atoms with E-state index in [0.29, 0.717) is 5.56 Å². The SMILES string of the molecule is N#Cc1ccc(OCC(=O)NCC(F)(F)C(F)F)cc1. The maximum Gasteiger partial charge on any atom is 0.324 e. The van der Waals surface area contributed by atoms with Crippen LogP contribution < -0.4 is 10.1 Å². The number of nitrogens with zero attached hydrogens (tertiary/aromatic N) is 1. The minimum absolute atomic E-state index is 0.250. The molecular weight excluding hydrogens is 280 g/mol. The van der Waals surface area contributed by atoms with Crippen molar-refractivity contribution in [1.82, 2.24) is 5.32 Å². The first kappa shape index (κ1) is 15.8. The van der Waals surface area contributed by atoms with E-state index in [9.17, 15) is 22.4 Å². The molecule has 0 aliphatic rings. The van der Waals surface area contributed by atoms with Gasteiger partial charge in [-0.05, 0) is 24.3 Å². The summed E-state index contributed by atoms with van der Waals surface area (Å²) >= 11 is 0. The Labute approximate surface area is 112 Å². The molecule has 1 amide bonds. The molecule has 0 saturated heterocycles. The average molecular weight is 290 g/mol. The Balaban J connectivity index is 2.38. The molecule has 8 heteroatoms. The highest BCUT2D eigenvalue weighted by atomic mass is 19.3. The molecule has 0 bridgehead atoms. The summed E-state index contributed by atoms with van der Waals surface area (Å²) in [5, 5.41) is 10.2. The molecule has 1 aromatic rings. The van der Waals surface area contributed by atoms with Gasteiger partial charge < -0.3 is 10.1 Å². The van der Waals surface area contributed by atoms with Crippen LogP contribution in [0.15, 0.2) is 24.3 Å². The van der Waals surface area contributed by atoms with Crippen LogP contribution in [-0.2, 0) is 4.79 Å². The van der Waals surface area contributed by atoms with Crippen molar-refractivity contribution in [3.05, 3.63) is 29.8 Å². The second-order valence-corrected chi connectivity index (χ2v) is 3.76. The highest BCUT2D eigenvalue weighted by Crippen LogP contribution is 2.21. The van der Waals surface area contributed by atoms with Crippen molar-refractivity contribution in [1.29, 1.82) is 5.26 Å². The predicted octanol–water partition coefficient (Wildman–Crippen LogP) is 1.95. The lowest BCUT2D eigenvalue weighted by molar-refractivity contribution is -0.137. The summed E-state index contributed by atoms with van der Waals surface area (Å²) in [4.78, 5) is 11.1. The fraction of sp³-hybridized carbons (Fsp3) is 0.333. The van der Waals surface area contributed by atoms with E-state index in [0.717, 1.165) is 0 Å². The summed E-state index contributed by atoms with van der Waals surface area (Å²) in [7, 11) is 0. The average Bonchev–Trinajstić information content (AvgIpc) is 2.43. The lowest BCUT2D eigenvalue weighted by atomic mass is 10.2. The van der Waals surface area contributed by atoms with E-state index in [4.69, 9.17) is 10.00 Å². The first-order chi connectivity index (χ1) is 9.35. The van der Waals surface area contributed by atoms with Crippen LogP contribution in [0.2, 0.25) is 0 Å². The van der Waals surface area contributed by atoms with Crippen LogP contribution in [-0.4, -0.2) is 31.4 Å². The third-order valence-corrected chi connectivity index (χ3v) is 2.19. The van der Waals surface area contributed by atoms with E-state index < -0.39 is 31.4 Å². The molecule has 0 fully saturated rings. The Morgan fingerprint density at radius 2 is 1.95 bits per heavy atom. The highest BCUT2D eigenvalue weighted by Gasteiger charge is 2.40. The van der Waals surface area contributed by atoms with Crippen molar-refractivity contribution >= 4 is 5.91 Å². The van der Waals surface area contributed by atoms with Gasteiger partial charge in [-0.1, -0.05) is 0 Å². The number of ether oxygens (including phenoxy) is 1. The van der Waals surface area contributed by atoms with Crippen LogP contribution in [0.5, 0.6) is 5.75 Å². The number of rotatable bonds is 6. The predicted molar refractivity (Wildman–Crippen MR) is 60.6 cm³/mol. The number of benzene rings is 1. The second-order valence-electron chi connectivity index (χ2n) is 3.76. The van der Waals surface area contributed by atoms with Crippen LogP contribution in [0.4, 0.5) is 17.6 Å². The molecule has 1 aromatic carbocycles. The molecule has 1 rings (SSSR count). The Morgan fingerprint density at radius 3 is 2.45 bits per heavy atom. The minimum atomic E-state index is -4.27. The zero-order valence-corrected chi connectivity index (χ0v) is 10.1. The normalized spacial score (nSPS) is 11.0. The molecule has 0 atom stereocenters. The van der Waals surface area contributed by atoms with Gasteiger partial charge in [-0.2, -0.15) is 14.0 Å². The third kappa shape index (κ3) is 4.76. The van der Waals surface area contributed by atoms with Gasteiger partial charge in [-0.25, -0.2) is 8.78 Å². The summed E-state index contributed by atoms with van der Waals surface area (Å²) in [6.07, 6.45) is -3.85.